The Bertz CT molecular complexity index is 1410. The van der Waals surface area contributed by atoms with E-state index < -0.39 is 0 Å². The van der Waals surface area contributed by atoms with Gasteiger partial charge in [-0.3, -0.25) is 4.79 Å². The minimum atomic E-state index is -0.223. The summed E-state index contributed by atoms with van der Waals surface area (Å²) in [5, 5.41) is 17.7. The Morgan fingerprint density at radius 3 is 2.38 bits per heavy atom. The smallest absolute Gasteiger partial charge is 0.196 e. The Morgan fingerprint density at radius 2 is 1.65 bits per heavy atom. The molecule has 0 bridgehead atoms. The van der Waals surface area contributed by atoms with Crippen molar-refractivity contribution in [3.63, 3.8) is 0 Å². The monoisotopic (exact) mass is 458 g/mol. The fraction of sp³-hybridized carbons (Fsp3) is 0.231. The SMILES string of the molecule is O=C1c2ccccc2-c2onc3c(N4CCN(c5ccccc5F)CC4)cc(NCCO)c1c23. The first kappa shape index (κ1) is 20.7. The van der Waals surface area contributed by atoms with E-state index in [2.05, 4.69) is 15.4 Å². The highest BCUT2D eigenvalue weighted by molar-refractivity contribution is 6.28. The molecule has 1 aromatic heterocycles. The predicted octanol–water partition coefficient (Wildman–Crippen LogP) is 3.91. The molecule has 2 N–H and O–H groups in total. The average molecular weight is 458 g/mol. The molecule has 0 atom stereocenters. The molecule has 8 heteroatoms. The number of nitrogens with zero attached hydrogens (tertiary/aromatic N) is 3. The summed E-state index contributed by atoms with van der Waals surface area (Å²) in [4.78, 5) is 17.7. The summed E-state index contributed by atoms with van der Waals surface area (Å²) in [7, 11) is 0. The molecule has 1 saturated heterocycles. The second-order valence-corrected chi connectivity index (χ2v) is 8.50. The van der Waals surface area contributed by atoms with Gasteiger partial charge >= 0.3 is 0 Å². The van der Waals surface area contributed by atoms with Gasteiger partial charge in [-0.2, -0.15) is 0 Å². The van der Waals surface area contributed by atoms with Gasteiger partial charge in [-0.15, -0.1) is 0 Å². The lowest BCUT2D eigenvalue weighted by Crippen LogP contribution is -2.47. The van der Waals surface area contributed by atoms with E-state index in [0.29, 0.717) is 71.9 Å². The molecule has 0 saturated carbocycles. The number of piperazine rings is 1. The largest absolute Gasteiger partial charge is 0.395 e. The second kappa shape index (κ2) is 8.14. The molecule has 2 heterocycles. The number of carbonyl (C=O) groups excluding carboxylic acids is 1. The zero-order chi connectivity index (χ0) is 23.2. The molecule has 0 unspecified atom stereocenters. The van der Waals surface area contributed by atoms with Crippen molar-refractivity contribution in [1.29, 1.82) is 0 Å². The molecule has 0 radical (unpaired) electrons. The summed E-state index contributed by atoms with van der Waals surface area (Å²) in [6, 6.07) is 16.1. The molecule has 34 heavy (non-hydrogen) atoms. The van der Waals surface area contributed by atoms with Crippen LogP contribution < -0.4 is 15.1 Å². The van der Waals surface area contributed by atoms with Crippen LogP contribution in [0.15, 0.2) is 59.1 Å². The number of rotatable bonds is 5. The maximum absolute atomic E-state index is 14.3. The van der Waals surface area contributed by atoms with E-state index in [1.54, 1.807) is 18.2 Å². The second-order valence-electron chi connectivity index (χ2n) is 8.50. The maximum atomic E-state index is 14.3. The Morgan fingerprint density at radius 1 is 0.971 bits per heavy atom. The van der Waals surface area contributed by atoms with Crippen LogP contribution in [-0.4, -0.2) is 55.4 Å². The molecule has 1 aliphatic carbocycles. The van der Waals surface area contributed by atoms with Gasteiger partial charge in [-0.05, 0) is 18.2 Å². The first-order chi connectivity index (χ1) is 16.7. The van der Waals surface area contributed by atoms with Gasteiger partial charge < -0.3 is 24.7 Å². The fourth-order valence-corrected chi connectivity index (χ4v) is 5.01. The summed E-state index contributed by atoms with van der Waals surface area (Å²) in [5.74, 6) is 0.269. The topological polar surface area (TPSA) is 81.8 Å². The summed E-state index contributed by atoms with van der Waals surface area (Å²) < 4.78 is 20.1. The van der Waals surface area contributed by atoms with Crippen molar-refractivity contribution in [2.24, 2.45) is 0 Å². The minimum absolute atomic E-state index is 0.0601. The quantitative estimate of drug-likeness (QED) is 0.413. The van der Waals surface area contributed by atoms with E-state index in [9.17, 15) is 14.3 Å². The number of nitrogens with one attached hydrogen (secondary N) is 1. The van der Waals surface area contributed by atoms with Crippen molar-refractivity contribution < 1.29 is 18.8 Å². The molecular formula is C26H23FN4O3. The summed E-state index contributed by atoms with van der Waals surface area (Å²) in [6.45, 7) is 2.87. The molecule has 2 aliphatic rings. The van der Waals surface area contributed by atoms with Gasteiger partial charge in [0.15, 0.2) is 11.5 Å². The molecule has 0 amide bonds. The third kappa shape index (κ3) is 3.13. The Balaban J connectivity index is 1.42. The van der Waals surface area contributed by atoms with E-state index in [1.165, 1.54) is 6.07 Å². The number of halogens is 1. The first-order valence-electron chi connectivity index (χ1n) is 11.4. The van der Waals surface area contributed by atoms with Crippen LogP contribution in [0.1, 0.15) is 15.9 Å². The van der Waals surface area contributed by atoms with Gasteiger partial charge in [-0.25, -0.2) is 4.39 Å². The van der Waals surface area contributed by atoms with Crippen LogP contribution >= 0.6 is 0 Å². The van der Waals surface area contributed by atoms with Crippen LogP contribution in [0.25, 0.3) is 22.2 Å². The van der Waals surface area contributed by atoms with Crippen molar-refractivity contribution in [3.05, 3.63) is 71.5 Å². The number of aliphatic hydroxyl groups is 1. The van der Waals surface area contributed by atoms with Crippen LogP contribution in [0.4, 0.5) is 21.5 Å². The van der Waals surface area contributed by atoms with Crippen LogP contribution in [0.2, 0.25) is 0 Å². The number of anilines is 3. The van der Waals surface area contributed by atoms with Gasteiger partial charge in [0.2, 0.25) is 0 Å². The van der Waals surface area contributed by atoms with Crippen molar-refractivity contribution in [3.8, 4) is 11.3 Å². The van der Waals surface area contributed by atoms with Crippen molar-refractivity contribution in [2.75, 3.05) is 54.4 Å². The number of aromatic nitrogens is 1. The zero-order valence-electron chi connectivity index (χ0n) is 18.4. The van der Waals surface area contributed by atoms with Crippen molar-refractivity contribution in [2.45, 2.75) is 0 Å². The molecule has 6 rings (SSSR count). The van der Waals surface area contributed by atoms with Crippen molar-refractivity contribution >= 4 is 33.7 Å². The van der Waals surface area contributed by atoms with E-state index in [4.69, 9.17) is 4.52 Å². The molecule has 3 aromatic carbocycles. The number of hydrogen-bond acceptors (Lipinski definition) is 7. The van der Waals surface area contributed by atoms with Gasteiger partial charge in [0.1, 0.15) is 11.3 Å². The number of hydrogen-bond donors (Lipinski definition) is 2. The van der Waals surface area contributed by atoms with Gasteiger partial charge in [0, 0.05) is 49.5 Å². The predicted molar refractivity (Wildman–Crippen MR) is 129 cm³/mol. The van der Waals surface area contributed by atoms with Crippen LogP contribution in [-0.2, 0) is 0 Å². The van der Waals surface area contributed by atoms with Gasteiger partial charge in [0.25, 0.3) is 0 Å². The Labute approximate surface area is 195 Å². The molecule has 1 aliphatic heterocycles. The third-order valence-electron chi connectivity index (χ3n) is 6.62. The summed E-state index contributed by atoms with van der Waals surface area (Å²) >= 11 is 0. The van der Waals surface area contributed by atoms with Crippen molar-refractivity contribution in [1.82, 2.24) is 5.16 Å². The lowest BCUT2D eigenvalue weighted by atomic mass is 9.86. The third-order valence-corrected chi connectivity index (χ3v) is 6.62. The van der Waals surface area contributed by atoms with Gasteiger partial charge in [0.05, 0.1) is 28.9 Å². The zero-order valence-corrected chi connectivity index (χ0v) is 18.4. The van der Waals surface area contributed by atoms with Crippen LogP contribution in [0.3, 0.4) is 0 Å². The average Bonchev–Trinajstić information content (AvgIpc) is 3.32. The van der Waals surface area contributed by atoms with Crippen LogP contribution in [0.5, 0.6) is 0 Å². The standard InChI is InChI=1S/C26H23FN4O3/c27-18-7-3-4-8-20(18)30-10-12-31(13-11-30)21-15-19(28-9-14-32)22-23-24(21)29-34-26(23)17-6-2-1-5-16(17)25(22)33/h1-8,15,28,32H,9-14H2. The number of ketones is 1. The van der Waals surface area contributed by atoms with E-state index >= 15 is 0 Å². The number of carbonyl (C=O) groups is 1. The Kier molecular flexibility index (Phi) is 4.95. The highest BCUT2D eigenvalue weighted by atomic mass is 19.1. The van der Waals surface area contributed by atoms with E-state index in [1.807, 2.05) is 35.2 Å². The highest BCUT2D eigenvalue weighted by Crippen LogP contribution is 2.45. The molecule has 4 aromatic rings. The van der Waals surface area contributed by atoms with E-state index in [0.717, 1.165) is 11.3 Å². The minimum Gasteiger partial charge on any atom is -0.395 e. The van der Waals surface area contributed by atoms with Gasteiger partial charge in [-0.1, -0.05) is 41.6 Å². The maximum Gasteiger partial charge on any atom is 0.196 e. The van der Waals surface area contributed by atoms with Crippen LogP contribution in [0, 0.1) is 5.82 Å². The number of fused-ring (bicyclic) bond motifs is 2. The number of benzene rings is 3. The van der Waals surface area contributed by atoms with E-state index in [-0.39, 0.29) is 18.2 Å². The fourth-order valence-electron chi connectivity index (χ4n) is 5.01. The lowest BCUT2D eigenvalue weighted by Gasteiger charge is -2.37. The molecular weight excluding hydrogens is 435 g/mol. The highest BCUT2D eigenvalue weighted by Gasteiger charge is 2.34. The molecule has 7 nitrogen and oxygen atoms in total. The molecule has 172 valence electrons. The normalized spacial score (nSPS) is 15.1. The molecule has 1 fully saturated rings. The summed E-state index contributed by atoms with van der Waals surface area (Å²) in [6.07, 6.45) is 0. The first-order valence-corrected chi connectivity index (χ1v) is 11.4. The molecule has 0 spiro atoms. The summed E-state index contributed by atoms with van der Waals surface area (Å²) in [5.41, 5.74) is 4.58. The Hall–Kier alpha value is -3.91. The lowest BCUT2D eigenvalue weighted by molar-refractivity contribution is 0.104. The number of aliphatic hydroxyl groups excluding tert-OH is 1. The number of para-hydroxylation sites is 1.